The molecule has 6 aromatic rings. The minimum atomic E-state index is 0. The summed E-state index contributed by atoms with van der Waals surface area (Å²) in [5, 5.41) is 5.37. The molecule has 0 nitrogen and oxygen atoms in total. The van der Waals surface area contributed by atoms with Gasteiger partial charge in [-0.1, -0.05) is 97.8 Å². The Bertz CT molecular complexity index is 1390. The molecule has 4 heteroatoms. The van der Waals surface area contributed by atoms with Gasteiger partial charge in [0.05, 0.1) is 0 Å². The van der Waals surface area contributed by atoms with Crippen LogP contribution in [0.2, 0.25) is 0 Å². The zero-order chi connectivity index (χ0) is 23.9. The number of halogens is 2. The van der Waals surface area contributed by atoms with Gasteiger partial charge < -0.3 is 24.8 Å². The first-order valence-electron chi connectivity index (χ1n) is 11.5. The summed E-state index contributed by atoms with van der Waals surface area (Å²) in [6.45, 7) is 6.25. The Morgan fingerprint density at radius 2 is 0.861 bits per heavy atom. The van der Waals surface area contributed by atoms with Crippen LogP contribution in [-0.4, -0.2) is 6.88 Å². The first-order chi connectivity index (χ1) is 16.7. The minimum absolute atomic E-state index is 0. The zero-order valence-electron chi connectivity index (χ0n) is 20.5. The number of aryl methyl sites for hydroxylation is 2. The Hall–Kier alpha value is -2.22. The third kappa shape index (κ3) is 6.96. The summed E-state index contributed by atoms with van der Waals surface area (Å²) in [6, 6.07) is 43.1. The molecule has 0 spiro atoms. The molecular weight excluding hydrogens is 575 g/mol. The summed E-state index contributed by atoms with van der Waals surface area (Å²) in [5.74, 6) is 0. The molecule has 0 unspecified atom stereocenters. The van der Waals surface area contributed by atoms with Gasteiger partial charge in [0.2, 0.25) is 0 Å². The van der Waals surface area contributed by atoms with Crippen LogP contribution < -0.4 is 24.8 Å². The van der Waals surface area contributed by atoms with Crippen LogP contribution in [0.4, 0.5) is 0 Å². The van der Waals surface area contributed by atoms with Gasteiger partial charge in [0.25, 0.3) is 0 Å². The van der Waals surface area contributed by atoms with Crippen LogP contribution in [0.15, 0.2) is 121 Å². The zero-order valence-corrected chi connectivity index (χ0v) is 25.9. The van der Waals surface area contributed by atoms with E-state index in [1.54, 1.807) is 23.3 Å². The third-order valence-corrected chi connectivity index (χ3v) is 5.96. The quantitative estimate of drug-likeness (QED) is 0.211. The van der Waals surface area contributed by atoms with E-state index in [4.69, 9.17) is 0 Å². The standard InChI is InChI=1S/2C16H13.2ClH.H2Si.Zr/c2*1-12-10-14-8-5-9-15(16(14)11-12)13-6-3-2-4-7-13;;;;/h2*2-11H,1H3;2*1H;1H2;/q2*-1;;;;+2/p-2. The second kappa shape index (κ2) is 14.5. The molecule has 0 aliphatic heterocycles. The van der Waals surface area contributed by atoms with E-state index in [0.29, 0.717) is 0 Å². The fraction of sp³-hybridized carbons (Fsp3) is 0.0625. The predicted octanol–water partition coefficient (Wildman–Crippen LogP) is 2.16. The van der Waals surface area contributed by atoms with Crippen molar-refractivity contribution in [2.45, 2.75) is 13.8 Å². The number of fused-ring (bicyclic) bond motifs is 2. The van der Waals surface area contributed by atoms with Crippen molar-refractivity contribution in [3.05, 3.63) is 132 Å². The molecule has 0 bridgehead atoms. The van der Waals surface area contributed by atoms with Crippen LogP contribution in [0.1, 0.15) is 11.1 Å². The van der Waals surface area contributed by atoms with E-state index in [-0.39, 0.29) is 24.8 Å². The van der Waals surface area contributed by atoms with Gasteiger partial charge in [0.1, 0.15) is 0 Å². The Morgan fingerprint density at radius 1 is 0.500 bits per heavy atom. The van der Waals surface area contributed by atoms with Gasteiger partial charge in [-0.15, -0.1) is 69.1 Å². The Balaban J connectivity index is 0.000000226. The topological polar surface area (TPSA) is 0 Å². The fourth-order valence-electron chi connectivity index (χ4n) is 4.51. The molecule has 0 saturated carbocycles. The fourth-order valence-corrected chi connectivity index (χ4v) is 4.51. The number of rotatable bonds is 2. The molecule has 0 radical (unpaired) electrons. The van der Waals surface area contributed by atoms with Crippen LogP contribution in [0, 0.1) is 13.8 Å². The molecule has 36 heavy (non-hydrogen) atoms. The van der Waals surface area contributed by atoms with Crippen molar-refractivity contribution in [3.63, 3.8) is 0 Å². The molecular formula is C32H28Cl2SiZr-2. The van der Waals surface area contributed by atoms with Crippen molar-refractivity contribution in [2.24, 2.45) is 0 Å². The molecule has 0 heterocycles. The number of hydrogen-bond acceptors (Lipinski definition) is 0. The molecule has 180 valence electrons. The van der Waals surface area contributed by atoms with E-state index in [1.165, 1.54) is 54.9 Å². The van der Waals surface area contributed by atoms with Crippen LogP contribution in [-0.2, 0) is 23.3 Å². The SMILES string of the molecule is Cc1cc2c(-c3ccccc3)cccc2[cH-]1.Cc1cc2c(-c3ccccc3)cccc2[cH-]1.[Cl-].[Cl-].[SiH2]=[Zr+2]. The average molecular weight is 603 g/mol. The second-order valence-corrected chi connectivity index (χ2v) is 8.41. The Morgan fingerprint density at radius 3 is 1.22 bits per heavy atom. The van der Waals surface area contributed by atoms with Crippen molar-refractivity contribution >= 4 is 28.4 Å². The van der Waals surface area contributed by atoms with E-state index in [9.17, 15) is 0 Å². The summed E-state index contributed by atoms with van der Waals surface area (Å²) in [4.78, 5) is 0. The van der Waals surface area contributed by atoms with E-state index in [1.807, 2.05) is 6.88 Å². The van der Waals surface area contributed by atoms with Gasteiger partial charge in [-0.05, 0) is 11.1 Å². The average Bonchev–Trinajstić information content (AvgIpc) is 3.47. The van der Waals surface area contributed by atoms with Crippen LogP contribution in [0.25, 0.3) is 43.8 Å². The van der Waals surface area contributed by atoms with Crippen LogP contribution >= 0.6 is 0 Å². The van der Waals surface area contributed by atoms with Crippen molar-refractivity contribution in [1.82, 2.24) is 0 Å². The van der Waals surface area contributed by atoms with E-state index in [2.05, 4.69) is 135 Å². The Kier molecular flexibility index (Phi) is 12.1. The van der Waals surface area contributed by atoms with Gasteiger partial charge in [0, 0.05) is 0 Å². The molecule has 0 aliphatic rings. The summed E-state index contributed by atoms with van der Waals surface area (Å²) >= 11 is 1.58. The maximum absolute atomic E-state index is 2.26. The first-order valence-corrected chi connectivity index (χ1v) is 17.4. The first kappa shape index (κ1) is 30.0. The van der Waals surface area contributed by atoms with Gasteiger partial charge in [-0.2, -0.15) is 12.1 Å². The predicted molar refractivity (Wildman–Crippen MR) is 148 cm³/mol. The van der Waals surface area contributed by atoms with Crippen molar-refractivity contribution in [2.75, 3.05) is 0 Å². The summed E-state index contributed by atoms with van der Waals surface area (Å²) in [5.41, 5.74) is 7.89. The molecule has 0 amide bonds. The third-order valence-electron chi connectivity index (χ3n) is 5.96. The van der Waals surface area contributed by atoms with Gasteiger partial charge >= 0.3 is 30.2 Å². The summed E-state index contributed by atoms with van der Waals surface area (Å²) in [7, 11) is 0. The molecule has 6 rings (SSSR count). The van der Waals surface area contributed by atoms with Crippen LogP contribution in [0.5, 0.6) is 0 Å². The molecule has 0 N–H and O–H groups in total. The van der Waals surface area contributed by atoms with Crippen molar-refractivity contribution < 1.29 is 48.1 Å². The molecule has 0 aromatic heterocycles. The molecule has 0 aliphatic carbocycles. The second-order valence-electron chi connectivity index (χ2n) is 8.41. The van der Waals surface area contributed by atoms with Gasteiger partial charge in [-0.25, -0.2) is 0 Å². The number of hydrogen-bond donors (Lipinski definition) is 0. The molecule has 0 fully saturated rings. The van der Waals surface area contributed by atoms with E-state index < -0.39 is 0 Å². The molecule has 0 saturated heterocycles. The van der Waals surface area contributed by atoms with E-state index >= 15 is 0 Å². The van der Waals surface area contributed by atoms with Gasteiger partial charge in [-0.3, -0.25) is 0 Å². The molecule has 6 aromatic carbocycles. The normalized spacial score (nSPS) is 9.78. The van der Waals surface area contributed by atoms with Gasteiger partial charge in [0.15, 0.2) is 0 Å². The monoisotopic (exact) mass is 600 g/mol. The van der Waals surface area contributed by atoms with Crippen molar-refractivity contribution in [1.29, 1.82) is 0 Å². The summed E-state index contributed by atoms with van der Waals surface area (Å²) in [6.07, 6.45) is 0. The van der Waals surface area contributed by atoms with Crippen LogP contribution in [0.3, 0.4) is 0 Å². The number of benzene rings is 4. The molecule has 0 atom stereocenters. The van der Waals surface area contributed by atoms with Crippen molar-refractivity contribution in [3.8, 4) is 22.3 Å². The van der Waals surface area contributed by atoms with E-state index in [0.717, 1.165) is 0 Å². The maximum atomic E-state index is 2.26. The summed E-state index contributed by atoms with van der Waals surface area (Å²) < 4.78 is 0. The Labute approximate surface area is 243 Å².